The summed E-state index contributed by atoms with van der Waals surface area (Å²) in [7, 11) is 0. The van der Waals surface area contributed by atoms with Crippen LogP contribution < -0.4 is 10.6 Å². The lowest BCUT2D eigenvalue weighted by Crippen LogP contribution is -2.38. The summed E-state index contributed by atoms with van der Waals surface area (Å²) in [5.41, 5.74) is 3.22. The third-order valence-corrected chi connectivity index (χ3v) is 6.34. The van der Waals surface area contributed by atoms with Crippen LogP contribution in [0.1, 0.15) is 52.1 Å². The van der Waals surface area contributed by atoms with Crippen LogP contribution in [0.15, 0.2) is 61.1 Å². The first-order valence-electron chi connectivity index (χ1n) is 13.6. The first-order chi connectivity index (χ1) is 20.7. The summed E-state index contributed by atoms with van der Waals surface area (Å²) in [4.78, 5) is 55.8. The summed E-state index contributed by atoms with van der Waals surface area (Å²) in [5.74, 6) is -1.02. The van der Waals surface area contributed by atoms with E-state index in [0.29, 0.717) is 41.1 Å². The molecule has 0 saturated carbocycles. The molecule has 2 aromatic heterocycles. The Bertz CT molecular complexity index is 1630. The average molecular weight is 589 g/mol. The molecule has 0 spiro atoms. The average Bonchev–Trinajstić information content (AvgIpc) is 3.43. The first-order valence-corrected chi connectivity index (χ1v) is 13.6. The fourth-order valence-electron chi connectivity index (χ4n) is 4.14. The maximum Gasteiger partial charge on any atom is 0.419 e. The highest BCUT2D eigenvalue weighted by Gasteiger charge is 2.26. The SMILES string of the molecule is CCCN(C(=O)OCOC(=O)Cc1ccc(O)cc1)C(=O)c1cc2c(Nc3cc(C(=O)NCC)ccc3C)ncnn2c1. The van der Waals surface area contributed by atoms with Gasteiger partial charge in [0.05, 0.1) is 12.0 Å². The van der Waals surface area contributed by atoms with Gasteiger partial charge in [-0.25, -0.2) is 19.2 Å². The van der Waals surface area contributed by atoms with E-state index < -0.39 is 24.8 Å². The third-order valence-electron chi connectivity index (χ3n) is 6.34. The van der Waals surface area contributed by atoms with Gasteiger partial charge in [-0.05, 0) is 61.7 Å². The molecule has 3 N–H and O–H groups in total. The monoisotopic (exact) mass is 588 g/mol. The lowest BCUT2D eigenvalue weighted by molar-refractivity contribution is -0.151. The summed E-state index contributed by atoms with van der Waals surface area (Å²) in [6.45, 7) is 5.41. The number of carbonyl (C=O) groups excluding carboxylic acids is 4. The van der Waals surface area contributed by atoms with Crippen LogP contribution in [-0.2, 0) is 20.7 Å². The number of aromatic nitrogens is 3. The van der Waals surface area contributed by atoms with E-state index in [1.807, 2.05) is 19.9 Å². The maximum atomic E-state index is 13.4. The molecule has 0 atom stereocenters. The first kappa shape index (κ1) is 30.5. The van der Waals surface area contributed by atoms with Crippen molar-refractivity contribution in [3.8, 4) is 5.75 Å². The predicted octanol–water partition coefficient (Wildman–Crippen LogP) is 3.97. The van der Waals surface area contributed by atoms with Crippen molar-refractivity contribution in [2.24, 2.45) is 0 Å². The van der Waals surface area contributed by atoms with Gasteiger partial charge in [-0.3, -0.25) is 14.4 Å². The fourth-order valence-corrected chi connectivity index (χ4v) is 4.14. The van der Waals surface area contributed by atoms with E-state index in [9.17, 15) is 24.3 Å². The second kappa shape index (κ2) is 13.9. The van der Waals surface area contributed by atoms with Crippen molar-refractivity contribution in [3.63, 3.8) is 0 Å². The zero-order chi connectivity index (χ0) is 30.9. The highest BCUT2D eigenvalue weighted by atomic mass is 16.7. The van der Waals surface area contributed by atoms with Crippen molar-refractivity contribution in [2.45, 2.75) is 33.6 Å². The molecule has 4 aromatic rings. The van der Waals surface area contributed by atoms with E-state index >= 15 is 0 Å². The van der Waals surface area contributed by atoms with Crippen LogP contribution in [0.25, 0.3) is 5.52 Å². The molecule has 0 aliphatic heterocycles. The van der Waals surface area contributed by atoms with Gasteiger partial charge in [0.1, 0.15) is 17.6 Å². The van der Waals surface area contributed by atoms with E-state index in [-0.39, 0.29) is 30.2 Å². The minimum atomic E-state index is -0.971. The number of ether oxygens (including phenoxy) is 2. The van der Waals surface area contributed by atoms with Crippen LogP contribution in [0.5, 0.6) is 5.75 Å². The molecular formula is C30H32N6O7. The zero-order valence-electron chi connectivity index (χ0n) is 24.0. The number of esters is 1. The highest BCUT2D eigenvalue weighted by molar-refractivity contribution is 6.04. The minimum absolute atomic E-state index is 0.0634. The number of amides is 3. The summed E-state index contributed by atoms with van der Waals surface area (Å²) < 4.78 is 11.5. The molecule has 2 heterocycles. The van der Waals surface area contributed by atoms with Gasteiger partial charge in [0, 0.05) is 30.5 Å². The van der Waals surface area contributed by atoms with Gasteiger partial charge in [-0.2, -0.15) is 5.10 Å². The van der Waals surface area contributed by atoms with Gasteiger partial charge in [-0.1, -0.05) is 25.1 Å². The largest absolute Gasteiger partial charge is 0.508 e. The zero-order valence-corrected chi connectivity index (χ0v) is 24.0. The molecule has 13 heteroatoms. The van der Waals surface area contributed by atoms with Crippen LogP contribution >= 0.6 is 0 Å². The number of aromatic hydroxyl groups is 1. The lowest BCUT2D eigenvalue weighted by Gasteiger charge is -2.19. The number of nitrogens with one attached hydrogen (secondary N) is 2. The molecule has 224 valence electrons. The number of phenols is 1. The van der Waals surface area contributed by atoms with Crippen molar-refractivity contribution >= 4 is 40.9 Å². The fraction of sp³-hybridized carbons (Fsp3) is 0.267. The molecule has 0 aliphatic carbocycles. The number of rotatable bonds is 11. The molecule has 4 rings (SSSR count). The number of phenolic OH excluding ortho intramolecular Hbond substituents is 1. The standard InChI is InChI=1S/C30H32N6O7/c1-4-12-35(30(41)43-18-42-26(38)13-20-7-10-23(37)11-8-20)29(40)22-15-25-27(32-17-33-36(25)16-22)34-24-14-21(9-6-19(24)3)28(39)31-5-2/h6-11,14-17,37H,4-5,12-13,18H2,1-3H3,(H,31,39)(H,32,33,34). The Morgan fingerprint density at radius 1 is 1.00 bits per heavy atom. The Hall–Kier alpha value is -5.46. The van der Waals surface area contributed by atoms with E-state index in [2.05, 4.69) is 20.7 Å². The van der Waals surface area contributed by atoms with Gasteiger partial charge in [0.2, 0.25) is 6.79 Å². The Balaban J connectivity index is 1.45. The van der Waals surface area contributed by atoms with Gasteiger partial charge in [0.25, 0.3) is 11.8 Å². The molecule has 0 aliphatic rings. The number of hydrogen-bond donors (Lipinski definition) is 3. The summed E-state index contributed by atoms with van der Waals surface area (Å²) in [6, 6.07) is 12.8. The second-order valence-electron chi connectivity index (χ2n) is 9.53. The maximum absolute atomic E-state index is 13.4. The van der Waals surface area contributed by atoms with Crippen LogP contribution in [-0.4, -0.2) is 68.4 Å². The van der Waals surface area contributed by atoms with Crippen molar-refractivity contribution in [2.75, 3.05) is 25.2 Å². The Labute approximate surface area is 247 Å². The molecule has 43 heavy (non-hydrogen) atoms. The number of anilines is 2. The highest BCUT2D eigenvalue weighted by Crippen LogP contribution is 2.25. The number of imide groups is 1. The van der Waals surface area contributed by atoms with Gasteiger partial charge < -0.3 is 25.2 Å². The molecule has 3 amide bonds. The third kappa shape index (κ3) is 7.64. The number of carbonyl (C=O) groups is 4. The Morgan fingerprint density at radius 2 is 1.77 bits per heavy atom. The molecule has 0 fully saturated rings. The molecule has 2 aromatic carbocycles. The van der Waals surface area contributed by atoms with Gasteiger partial charge in [-0.15, -0.1) is 0 Å². The van der Waals surface area contributed by atoms with E-state index in [0.717, 1.165) is 10.5 Å². The Morgan fingerprint density at radius 3 is 2.49 bits per heavy atom. The molecule has 13 nitrogen and oxygen atoms in total. The Kier molecular flexibility index (Phi) is 9.89. The molecule has 0 radical (unpaired) electrons. The number of hydrogen-bond acceptors (Lipinski definition) is 10. The van der Waals surface area contributed by atoms with Crippen LogP contribution in [0.4, 0.5) is 16.3 Å². The summed E-state index contributed by atoms with van der Waals surface area (Å²) in [6.07, 6.45) is 2.19. The lowest BCUT2D eigenvalue weighted by atomic mass is 10.1. The smallest absolute Gasteiger partial charge is 0.419 e. The quantitative estimate of drug-likeness (QED) is 0.172. The van der Waals surface area contributed by atoms with Gasteiger partial charge in [0.15, 0.2) is 5.82 Å². The van der Waals surface area contributed by atoms with Crippen LogP contribution in [0.2, 0.25) is 0 Å². The van der Waals surface area contributed by atoms with Gasteiger partial charge >= 0.3 is 12.1 Å². The van der Waals surface area contributed by atoms with E-state index in [4.69, 9.17) is 9.47 Å². The summed E-state index contributed by atoms with van der Waals surface area (Å²) >= 11 is 0. The number of benzene rings is 2. The molecule has 0 saturated heterocycles. The van der Waals surface area contributed by atoms with Crippen LogP contribution in [0, 0.1) is 6.92 Å². The topological polar surface area (TPSA) is 164 Å². The van der Waals surface area contributed by atoms with Crippen LogP contribution in [0.3, 0.4) is 0 Å². The normalized spacial score (nSPS) is 10.7. The van der Waals surface area contributed by atoms with Crippen molar-refractivity contribution in [3.05, 3.63) is 83.3 Å². The number of nitrogens with zero attached hydrogens (tertiary/aromatic N) is 4. The predicted molar refractivity (Wildman–Crippen MR) is 156 cm³/mol. The van der Waals surface area contributed by atoms with E-state index in [1.54, 1.807) is 37.3 Å². The van der Waals surface area contributed by atoms with E-state index in [1.165, 1.54) is 29.2 Å². The number of fused-ring (bicyclic) bond motifs is 1. The van der Waals surface area contributed by atoms with Crippen molar-refractivity contribution < 1.29 is 33.8 Å². The molecular weight excluding hydrogens is 556 g/mol. The molecule has 0 unspecified atom stereocenters. The summed E-state index contributed by atoms with van der Waals surface area (Å²) in [5, 5.41) is 19.5. The minimum Gasteiger partial charge on any atom is -0.508 e. The second-order valence-corrected chi connectivity index (χ2v) is 9.53. The number of aryl methyl sites for hydroxylation is 1. The van der Waals surface area contributed by atoms with Crippen molar-refractivity contribution in [1.29, 1.82) is 0 Å². The molecule has 0 bridgehead atoms. The van der Waals surface area contributed by atoms with Crippen molar-refractivity contribution in [1.82, 2.24) is 24.8 Å².